The van der Waals surface area contributed by atoms with Crippen molar-refractivity contribution >= 4 is 16.9 Å². The number of benzene rings is 2. The van der Waals surface area contributed by atoms with E-state index < -0.39 is 6.04 Å². The van der Waals surface area contributed by atoms with Crippen molar-refractivity contribution in [3.63, 3.8) is 0 Å². The van der Waals surface area contributed by atoms with Gasteiger partial charge in [0.1, 0.15) is 11.8 Å². The molecule has 4 aromatic rings. The number of carbonyl (C=O) groups is 1. The van der Waals surface area contributed by atoms with E-state index >= 15 is 0 Å². The quantitative estimate of drug-likeness (QED) is 0.310. The predicted octanol–water partition coefficient (Wildman–Crippen LogP) is 3.52. The minimum Gasteiger partial charge on any atom is -0.494 e. The molecule has 0 unspecified atom stereocenters. The number of fused-ring (bicyclic) bond motifs is 1. The summed E-state index contributed by atoms with van der Waals surface area (Å²) in [5, 5.41) is 13.6. The first-order valence-electron chi connectivity index (χ1n) is 13.6. The molecular formula is C29H34N6O4. The Morgan fingerprint density at radius 3 is 2.62 bits per heavy atom. The van der Waals surface area contributed by atoms with Crippen molar-refractivity contribution in [2.75, 3.05) is 26.3 Å². The number of hydrogen-bond acceptors (Lipinski definition) is 8. The number of ether oxygens (including phenoxy) is 2. The smallest absolute Gasteiger partial charge is 0.309 e. The third kappa shape index (κ3) is 6.01. The van der Waals surface area contributed by atoms with E-state index in [9.17, 15) is 9.59 Å². The molecule has 5 rings (SSSR count). The van der Waals surface area contributed by atoms with Gasteiger partial charge in [-0.3, -0.25) is 14.5 Å². The van der Waals surface area contributed by atoms with Gasteiger partial charge in [0.05, 0.1) is 19.1 Å². The molecule has 10 heteroatoms. The normalized spacial score (nSPS) is 15.3. The summed E-state index contributed by atoms with van der Waals surface area (Å²) in [5.74, 6) is 1.03. The highest BCUT2D eigenvalue weighted by molar-refractivity contribution is 5.80. The molecule has 2 aromatic heterocycles. The second-order valence-corrected chi connectivity index (χ2v) is 9.70. The first kappa shape index (κ1) is 26.6. The van der Waals surface area contributed by atoms with Crippen LogP contribution < -0.4 is 10.3 Å². The molecule has 0 spiro atoms. The van der Waals surface area contributed by atoms with Gasteiger partial charge in [0.25, 0.3) is 5.56 Å². The molecule has 1 aliphatic rings. The molecule has 0 amide bonds. The molecule has 1 saturated heterocycles. The number of hydrogen-bond donors (Lipinski definition) is 1. The number of pyridine rings is 1. The molecule has 0 saturated carbocycles. The van der Waals surface area contributed by atoms with Gasteiger partial charge in [0, 0.05) is 36.1 Å². The molecule has 1 N–H and O–H groups in total. The highest BCUT2D eigenvalue weighted by atomic mass is 16.5. The minimum atomic E-state index is -0.484. The largest absolute Gasteiger partial charge is 0.494 e. The number of aromatic nitrogens is 5. The average Bonchev–Trinajstić information content (AvgIpc) is 3.42. The predicted molar refractivity (Wildman–Crippen MR) is 146 cm³/mol. The van der Waals surface area contributed by atoms with Crippen molar-refractivity contribution in [2.24, 2.45) is 5.92 Å². The number of likely N-dealkylation sites (tertiary alicyclic amines) is 1. The molecule has 204 valence electrons. The summed E-state index contributed by atoms with van der Waals surface area (Å²) in [7, 11) is 0. The number of piperidine rings is 1. The number of tetrazole rings is 1. The molecule has 1 fully saturated rings. The maximum absolute atomic E-state index is 13.5. The topological polar surface area (TPSA) is 115 Å². The Morgan fingerprint density at radius 2 is 1.87 bits per heavy atom. The van der Waals surface area contributed by atoms with Crippen LogP contribution in [0.1, 0.15) is 49.7 Å². The molecule has 1 atom stereocenters. The summed E-state index contributed by atoms with van der Waals surface area (Å²) in [5.41, 5.74) is 2.27. The molecule has 0 aliphatic carbocycles. The van der Waals surface area contributed by atoms with Crippen LogP contribution in [0, 0.1) is 5.92 Å². The van der Waals surface area contributed by atoms with E-state index in [0.29, 0.717) is 57.1 Å². The van der Waals surface area contributed by atoms with Crippen LogP contribution >= 0.6 is 0 Å². The second kappa shape index (κ2) is 12.2. The second-order valence-electron chi connectivity index (χ2n) is 9.70. The van der Waals surface area contributed by atoms with E-state index in [1.807, 2.05) is 56.3 Å². The Bertz CT molecular complexity index is 1460. The number of nitrogens with zero attached hydrogens (tertiary/aromatic N) is 5. The van der Waals surface area contributed by atoms with E-state index in [0.717, 1.165) is 23.1 Å². The fourth-order valence-electron chi connectivity index (χ4n) is 5.26. The summed E-state index contributed by atoms with van der Waals surface area (Å²) in [4.78, 5) is 31.1. The molecule has 39 heavy (non-hydrogen) atoms. The van der Waals surface area contributed by atoms with Crippen LogP contribution in [0.4, 0.5) is 0 Å². The summed E-state index contributed by atoms with van der Waals surface area (Å²) in [6.45, 7) is 6.47. The van der Waals surface area contributed by atoms with Crippen LogP contribution in [-0.4, -0.2) is 62.4 Å². The molecule has 0 bridgehead atoms. The zero-order valence-corrected chi connectivity index (χ0v) is 22.4. The Kier molecular flexibility index (Phi) is 8.31. The highest BCUT2D eigenvalue weighted by Gasteiger charge is 2.35. The standard InChI is InChI=1S/C29H34N6O4/c1-3-38-23-10-11-25-22(18-23)19-24(28(36)30-25)26(34-15-13-21(14-16-34)29(37)39-4-2)27-31-32-33-35(27)17-12-20-8-6-5-7-9-20/h5-11,18-19,21,26H,3-4,12-17H2,1-2H3,(H,30,36)/t26-/m1/s1. The number of aryl methyl sites for hydroxylation is 2. The molecule has 2 aromatic carbocycles. The van der Waals surface area contributed by atoms with Crippen LogP contribution in [0.2, 0.25) is 0 Å². The molecule has 0 radical (unpaired) electrons. The summed E-state index contributed by atoms with van der Waals surface area (Å²) in [6, 6.07) is 17.2. The minimum absolute atomic E-state index is 0.153. The maximum atomic E-state index is 13.5. The molecular weight excluding hydrogens is 496 g/mol. The lowest BCUT2D eigenvalue weighted by atomic mass is 9.94. The van der Waals surface area contributed by atoms with Gasteiger partial charge in [-0.05, 0) is 73.4 Å². The average molecular weight is 531 g/mol. The van der Waals surface area contributed by atoms with Crippen LogP contribution in [0.3, 0.4) is 0 Å². The van der Waals surface area contributed by atoms with Crippen molar-refractivity contribution in [3.05, 3.63) is 81.9 Å². The zero-order valence-electron chi connectivity index (χ0n) is 22.4. The number of carbonyl (C=O) groups excluding carboxylic acids is 1. The van der Waals surface area contributed by atoms with Crippen LogP contribution in [0.15, 0.2) is 59.4 Å². The number of esters is 1. The van der Waals surface area contributed by atoms with Crippen molar-refractivity contribution in [1.29, 1.82) is 0 Å². The molecule has 1 aliphatic heterocycles. The Morgan fingerprint density at radius 1 is 1.08 bits per heavy atom. The lowest BCUT2D eigenvalue weighted by molar-refractivity contribution is -0.149. The fourth-order valence-corrected chi connectivity index (χ4v) is 5.26. The lowest BCUT2D eigenvalue weighted by Crippen LogP contribution is -2.42. The third-order valence-electron chi connectivity index (χ3n) is 7.22. The van der Waals surface area contributed by atoms with Gasteiger partial charge in [0.2, 0.25) is 0 Å². The summed E-state index contributed by atoms with van der Waals surface area (Å²) < 4.78 is 12.7. The van der Waals surface area contributed by atoms with Crippen LogP contribution in [0.25, 0.3) is 10.9 Å². The first-order chi connectivity index (χ1) is 19.1. The zero-order chi connectivity index (χ0) is 27.2. The van der Waals surface area contributed by atoms with Gasteiger partial charge in [-0.2, -0.15) is 0 Å². The van der Waals surface area contributed by atoms with Crippen molar-refractivity contribution < 1.29 is 14.3 Å². The SMILES string of the molecule is CCOC(=O)C1CCN([C@H](c2cc3cc(OCC)ccc3[nH]c2=O)c2nnnn2CCc2ccccc2)CC1. The van der Waals surface area contributed by atoms with Crippen molar-refractivity contribution in [2.45, 2.75) is 45.7 Å². The summed E-state index contributed by atoms with van der Waals surface area (Å²) in [6.07, 6.45) is 2.03. The van der Waals surface area contributed by atoms with Crippen LogP contribution in [-0.2, 0) is 22.5 Å². The number of H-pyrrole nitrogens is 1. The monoisotopic (exact) mass is 530 g/mol. The van der Waals surface area contributed by atoms with E-state index in [-0.39, 0.29) is 17.4 Å². The Hall–Kier alpha value is -4.05. The van der Waals surface area contributed by atoms with E-state index in [2.05, 4.69) is 37.5 Å². The lowest BCUT2D eigenvalue weighted by Gasteiger charge is -2.36. The van der Waals surface area contributed by atoms with Gasteiger partial charge in [-0.15, -0.1) is 5.10 Å². The van der Waals surface area contributed by atoms with Crippen LogP contribution in [0.5, 0.6) is 5.75 Å². The maximum Gasteiger partial charge on any atom is 0.309 e. The Labute approximate surface area is 226 Å². The molecule has 3 heterocycles. The van der Waals surface area contributed by atoms with Gasteiger partial charge in [0.15, 0.2) is 5.82 Å². The highest BCUT2D eigenvalue weighted by Crippen LogP contribution is 2.32. The van der Waals surface area contributed by atoms with Crippen molar-refractivity contribution in [3.8, 4) is 5.75 Å². The van der Waals surface area contributed by atoms with E-state index in [1.54, 1.807) is 4.68 Å². The fraction of sp³-hybridized carbons (Fsp3) is 0.414. The third-order valence-corrected chi connectivity index (χ3v) is 7.22. The number of aromatic amines is 1. The van der Waals surface area contributed by atoms with Crippen molar-refractivity contribution in [1.82, 2.24) is 30.1 Å². The number of rotatable bonds is 10. The summed E-state index contributed by atoms with van der Waals surface area (Å²) >= 11 is 0. The van der Waals surface area contributed by atoms with Gasteiger partial charge >= 0.3 is 5.97 Å². The molecule has 10 nitrogen and oxygen atoms in total. The number of nitrogens with one attached hydrogen (secondary N) is 1. The van der Waals surface area contributed by atoms with Gasteiger partial charge in [-0.25, -0.2) is 4.68 Å². The first-order valence-corrected chi connectivity index (χ1v) is 13.6. The Balaban J connectivity index is 1.51. The van der Waals surface area contributed by atoms with E-state index in [1.165, 1.54) is 5.56 Å². The van der Waals surface area contributed by atoms with Gasteiger partial charge in [-0.1, -0.05) is 30.3 Å². The van der Waals surface area contributed by atoms with Gasteiger partial charge < -0.3 is 14.5 Å². The van der Waals surface area contributed by atoms with E-state index in [4.69, 9.17) is 9.47 Å².